The van der Waals surface area contributed by atoms with Gasteiger partial charge in [-0.05, 0) is 73.4 Å². The number of hydrogen-bond donors (Lipinski definition) is 0. The van der Waals surface area contributed by atoms with Crippen molar-refractivity contribution in [1.29, 1.82) is 0 Å². The summed E-state index contributed by atoms with van der Waals surface area (Å²) in [5.74, 6) is 1.35. The average molecular weight is 508 g/mol. The summed E-state index contributed by atoms with van der Waals surface area (Å²) in [7, 11) is 0.981. The smallest absolute Gasteiger partial charge is 0.205 e. The van der Waals surface area contributed by atoms with Gasteiger partial charge in [0.15, 0.2) is 11.5 Å². The van der Waals surface area contributed by atoms with Crippen molar-refractivity contribution in [2.24, 2.45) is 0 Å². The van der Waals surface area contributed by atoms with Gasteiger partial charge in [0.2, 0.25) is 9.84 Å². The van der Waals surface area contributed by atoms with E-state index in [2.05, 4.69) is 4.90 Å². The quantitative estimate of drug-likeness (QED) is 0.430. The topological polar surface area (TPSA) is 65.1 Å². The number of hydrogen-bond acceptors (Lipinski definition) is 6. The van der Waals surface area contributed by atoms with Gasteiger partial charge in [-0.3, -0.25) is 0 Å². The van der Waals surface area contributed by atoms with Crippen LogP contribution < -0.4 is 14.2 Å². The van der Waals surface area contributed by atoms with E-state index < -0.39 is 15.8 Å². The Hall–Kier alpha value is -3.45. The zero-order valence-electron chi connectivity index (χ0n) is 21.4. The summed E-state index contributed by atoms with van der Waals surface area (Å²) in [6, 6.07) is 18.5. The van der Waals surface area contributed by atoms with Gasteiger partial charge in [0, 0.05) is 25.2 Å². The molecule has 1 aliphatic rings. The third-order valence-electron chi connectivity index (χ3n) is 6.72. The first kappa shape index (κ1) is 25.6. The Morgan fingerprint density at radius 2 is 1.53 bits per heavy atom. The van der Waals surface area contributed by atoms with E-state index in [0.717, 1.165) is 28.7 Å². The molecule has 0 aromatic heterocycles. The maximum atomic E-state index is 14.2. The van der Waals surface area contributed by atoms with Crippen LogP contribution >= 0.6 is 0 Å². The first-order valence-corrected chi connectivity index (χ1v) is 13.5. The number of allylic oxidation sites excluding steroid dienone is 1. The highest BCUT2D eigenvalue weighted by molar-refractivity contribution is 7.95. The molecular formula is C29H33NO5S. The molecule has 1 heterocycles. The van der Waals surface area contributed by atoms with Crippen molar-refractivity contribution in [2.75, 3.05) is 34.4 Å². The summed E-state index contributed by atoms with van der Waals surface area (Å²) >= 11 is 0. The standard InChI is InChI=1S/C29H33NO5S/c1-6-30-16-15-22-17-26(34-4)27(35-5)18-25(22)29(21-9-11-23(33-3)12-10-21)28(19-30)36(31,32)24-13-7-20(2)8-14-24/h7-14,17-19,29H,6,15-16H2,1-5H3/b28-19+. The highest BCUT2D eigenvalue weighted by atomic mass is 32.2. The van der Waals surface area contributed by atoms with Gasteiger partial charge in [0.25, 0.3) is 0 Å². The molecule has 3 aromatic carbocycles. The van der Waals surface area contributed by atoms with E-state index in [1.807, 2.05) is 68.6 Å². The van der Waals surface area contributed by atoms with Gasteiger partial charge in [-0.15, -0.1) is 0 Å². The number of aryl methyl sites for hydroxylation is 1. The number of ether oxygens (including phenoxy) is 3. The van der Waals surface area contributed by atoms with Crippen molar-refractivity contribution < 1.29 is 22.6 Å². The first-order chi connectivity index (χ1) is 17.3. The van der Waals surface area contributed by atoms with Gasteiger partial charge in [-0.1, -0.05) is 29.8 Å². The molecule has 7 heteroatoms. The molecule has 1 aliphatic heterocycles. The van der Waals surface area contributed by atoms with Crippen LogP contribution in [0.25, 0.3) is 0 Å². The molecule has 0 spiro atoms. The number of sulfone groups is 1. The second-order valence-corrected chi connectivity index (χ2v) is 10.8. The highest BCUT2D eigenvalue weighted by Crippen LogP contribution is 2.44. The molecule has 0 bridgehead atoms. The van der Waals surface area contributed by atoms with Crippen molar-refractivity contribution in [2.45, 2.75) is 31.1 Å². The third kappa shape index (κ3) is 4.93. The van der Waals surface area contributed by atoms with E-state index in [1.54, 1.807) is 33.5 Å². The lowest BCUT2D eigenvalue weighted by Gasteiger charge is -2.31. The molecule has 0 fully saturated rings. The molecule has 0 N–H and O–H groups in total. The Labute approximate surface area is 214 Å². The van der Waals surface area contributed by atoms with Crippen LogP contribution in [0, 0.1) is 6.92 Å². The minimum Gasteiger partial charge on any atom is -0.497 e. The zero-order chi connectivity index (χ0) is 25.9. The number of fused-ring (bicyclic) bond motifs is 1. The zero-order valence-corrected chi connectivity index (χ0v) is 22.3. The molecule has 0 radical (unpaired) electrons. The van der Waals surface area contributed by atoms with E-state index in [4.69, 9.17) is 14.2 Å². The van der Waals surface area contributed by atoms with Gasteiger partial charge in [-0.2, -0.15) is 0 Å². The molecule has 1 unspecified atom stereocenters. The van der Waals surface area contributed by atoms with Crippen LogP contribution in [0.4, 0.5) is 0 Å². The summed E-state index contributed by atoms with van der Waals surface area (Å²) in [5.41, 5.74) is 3.76. The van der Waals surface area contributed by atoms with Crippen LogP contribution in [0.3, 0.4) is 0 Å². The van der Waals surface area contributed by atoms with E-state index in [0.29, 0.717) is 35.2 Å². The Morgan fingerprint density at radius 3 is 2.11 bits per heavy atom. The van der Waals surface area contributed by atoms with Gasteiger partial charge in [-0.25, -0.2) is 8.42 Å². The van der Waals surface area contributed by atoms with E-state index in [-0.39, 0.29) is 4.90 Å². The van der Waals surface area contributed by atoms with E-state index >= 15 is 0 Å². The Kier molecular flexibility index (Phi) is 7.59. The second kappa shape index (κ2) is 10.7. The van der Waals surface area contributed by atoms with Gasteiger partial charge >= 0.3 is 0 Å². The van der Waals surface area contributed by atoms with Crippen LogP contribution in [-0.4, -0.2) is 47.7 Å². The minimum atomic E-state index is -3.84. The third-order valence-corrected chi connectivity index (χ3v) is 8.57. The molecule has 190 valence electrons. The van der Waals surface area contributed by atoms with Gasteiger partial charge in [0.05, 0.1) is 31.1 Å². The van der Waals surface area contributed by atoms with E-state index in [1.165, 1.54) is 0 Å². The number of rotatable bonds is 7. The summed E-state index contributed by atoms with van der Waals surface area (Å²) < 4.78 is 45.1. The monoisotopic (exact) mass is 507 g/mol. The van der Waals surface area contributed by atoms with Crippen molar-refractivity contribution in [1.82, 2.24) is 4.90 Å². The fourth-order valence-corrected chi connectivity index (χ4v) is 6.25. The first-order valence-electron chi connectivity index (χ1n) is 12.0. The molecule has 3 aromatic rings. The molecule has 4 rings (SSSR count). The maximum Gasteiger partial charge on any atom is 0.205 e. The Bertz CT molecular complexity index is 1350. The number of benzene rings is 3. The van der Waals surface area contributed by atoms with Gasteiger partial charge < -0.3 is 19.1 Å². The van der Waals surface area contributed by atoms with Crippen LogP contribution in [0.15, 0.2) is 76.7 Å². The largest absolute Gasteiger partial charge is 0.497 e. The lowest BCUT2D eigenvalue weighted by molar-refractivity contribution is 0.352. The Balaban J connectivity index is 2.03. The molecule has 6 nitrogen and oxygen atoms in total. The average Bonchev–Trinajstić information content (AvgIpc) is 2.89. The van der Waals surface area contributed by atoms with Crippen molar-refractivity contribution in [3.8, 4) is 17.2 Å². The maximum absolute atomic E-state index is 14.2. The Morgan fingerprint density at radius 1 is 0.889 bits per heavy atom. The van der Waals surface area contributed by atoms with Crippen molar-refractivity contribution in [3.63, 3.8) is 0 Å². The molecule has 0 amide bonds. The molecule has 0 saturated heterocycles. The minimum absolute atomic E-state index is 0.275. The number of nitrogens with zero attached hydrogens (tertiary/aromatic N) is 1. The summed E-state index contributed by atoms with van der Waals surface area (Å²) in [6.45, 7) is 5.35. The molecule has 1 atom stereocenters. The summed E-state index contributed by atoms with van der Waals surface area (Å²) in [4.78, 5) is 2.67. The van der Waals surface area contributed by atoms with Crippen LogP contribution in [0.2, 0.25) is 0 Å². The van der Waals surface area contributed by atoms with Crippen molar-refractivity contribution in [3.05, 3.63) is 94.0 Å². The molecule has 0 aliphatic carbocycles. The van der Waals surface area contributed by atoms with Crippen LogP contribution in [0.1, 0.15) is 35.1 Å². The highest BCUT2D eigenvalue weighted by Gasteiger charge is 2.34. The summed E-state index contributed by atoms with van der Waals surface area (Å²) in [6.07, 6.45) is 2.56. The second-order valence-electron chi connectivity index (χ2n) is 8.84. The molecule has 36 heavy (non-hydrogen) atoms. The lowest BCUT2D eigenvalue weighted by Crippen LogP contribution is -2.27. The fraction of sp³-hybridized carbons (Fsp3) is 0.310. The molecule has 0 saturated carbocycles. The van der Waals surface area contributed by atoms with Crippen LogP contribution in [-0.2, 0) is 16.3 Å². The predicted octanol–water partition coefficient (Wildman–Crippen LogP) is 5.35. The number of methoxy groups -OCH3 is 3. The lowest BCUT2D eigenvalue weighted by atomic mass is 9.85. The summed E-state index contributed by atoms with van der Waals surface area (Å²) in [5, 5.41) is 0. The predicted molar refractivity (Wildman–Crippen MR) is 142 cm³/mol. The van der Waals surface area contributed by atoms with Gasteiger partial charge in [0.1, 0.15) is 5.75 Å². The van der Waals surface area contributed by atoms with Crippen molar-refractivity contribution >= 4 is 9.84 Å². The fourth-order valence-electron chi connectivity index (χ4n) is 4.63. The molecular weight excluding hydrogens is 474 g/mol. The van der Waals surface area contributed by atoms with E-state index in [9.17, 15) is 8.42 Å². The normalized spacial score (nSPS) is 17.3. The van der Waals surface area contributed by atoms with Crippen LogP contribution in [0.5, 0.6) is 17.2 Å². The SMILES string of the molecule is CCN1/C=C(/S(=O)(=O)c2ccc(C)cc2)C(c2ccc(OC)cc2)c2cc(OC)c(OC)cc2CC1. The number of likely N-dealkylation sites (N-methyl/N-ethyl adjacent to an activating group) is 1.